The van der Waals surface area contributed by atoms with Crippen LogP contribution in [0.15, 0.2) is 36.4 Å². The minimum Gasteiger partial charge on any atom is -0.382 e. The van der Waals surface area contributed by atoms with Gasteiger partial charge in [-0.15, -0.1) is 0 Å². The zero-order valence-corrected chi connectivity index (χ0v) is 14.1. The monoisotopic (exact) mass is 355 g/mol. The van der Waals surface area contributed by atoms with Crippen LogP contribution in [0.1, 0.15) is 5.56 Å². The van der Waals surface area contributed by atoms with E-state index >= 15 is 0 Å². The molecule has 2 aromatic heterocycles. The smallest absolute Gasteiger partial charge is 0.184 e. The molecule has 0 saturated carbocycles. The van der Waals surface area contributed by atoms with Crippen molar-refractivity contribution in [2.75, 3.05) is 5.73 Å². The number of nitrogen functional groups attached to an aromatic ring is 1. The molecular weight excluding hydrogens is 345 g/mol. The molecule has 0 saturated heterocycles. The number of benzene rings is 2. The number of hydrogen-bond donors (Lipinski definition) is 1. The summed E-state index contributed by atoms with van der Waals surface area (Å²) in [6, 6.07) is 11.2. The van der Waals surface area contributed by atoms with Gasteiger partial charge in [-0.25, -0.2) is 19.9 Å². The number of fused-ring (bicyclic) bond motifs is 2. The van der Waals surface area contributed by atoms with Crippen LogP contribution in [0.5, 0.6) is 0 Å². The summed E-state index contributed by atoms with van der Waals surface area (Å²) in [6.45, 7) is 2.00. The Morgan fingerprint density at radius 2 is 1.54 bits per heavy atom. The molecule has 2 aromatic carbocycles. The van der Waals surface area contributed by atoms with Crippen LogP contribution in [0.25, 0.3) is 33.6 Å². The second kappa shape index (κ2) is 5.54. The molecule has 0 atom stereocenters. The molecule has 0 bridgehead atoms. The predicted molar refractivity (Wildman–Crippen MR) is 97.2 cm³/mol. The molecule has 7 heteroatoms. The van der Waals surface area contributed by atoms with Crippen LogP contribution in [-0.2, 0) is 0 Å². The maximum atomic E-state index is 6.21. The van der Waals surface area contributed by atoms with Gasteiger partial charge < -0.3 is 5.73 Å². The number of hydrogen-bond acceptors (Lipinski definition) is 5. The van der Waals surface area contributed by atoms with Crippen molar-refractivity contribution in [2.24, 2.45) is 0 Å². The molecule has 0 aliphatic rings. The molecule has 0 fully saturated rings. The Morgan fingerprint density at radius 3 is 2.25 bits per heavy atom. The average Bonchev–Trinajstić information content (AvgIpc) is 2.57. The first-order valence-electron chi connectivity index (χ1n) is 7.19. The predicted octanol–water partition coefficient (Wildman–Crippen LogP) is 4.44. The van der Waals surface area contributed by atoms with E-state index in [0.717, 1.165) is 11.1 Å². The van der Waals surface area contributed by atoms with Gasteiger partial charge in [0.05, 0.1) is 10.0 Å². The van der Waals surface area contributed by atoms with E-state index in [9.17, 15) is 0 Å². The summed E-state index contributed by atoms with van der Waals surface area (Å²) in [5, 5.41) is 0.907. The fourth-order valence-electron chi connectivity index (χ4n) is 2.52. The van der Waals surface area contributed by atoms with Crippen LogP contribution in [0, 0.1) is 6.92 Å². The molecule has 0 radical (unpaired) electrons. The highest BCUT2D eigenvalue weighted by Crippen LogP contribution is 2.30. The molecule has 4 aromatic rings. The minimum absolute atomic E-state index is 0.252. The summed E-state index contributed by atoms with van der Waals surface area (Å²) >= 11 is 12.4. The van der Waals surface area contributed by atoms with Gasteiger partial charge in [-0.2, -0.15) is 0 Å². The second-order valence-electron chi connectivity index (χ2n) is 5.42. The number of rotatable bonds is 1. The number of anilines is 1. The Bertz CT molecular complexity index is 1110. The fraction of sp³-hybridized carbons (Fsp3) is 0.0588. The van der Waals surface area contributed by atoms with Crippen molar-refractivity contribution in [1.82, 2.24) is 19.9 Å². The lowest BCUT2D eigenvalue weighted by Gasteiger charge is -2.08. The summed E-state index contributed by atoms with van der Waals surface area (Å²) in [4.78, 5) is 17.8. The lowest BCUT2D eigenvalue weighted by atomic mass is 10.1. The van der Waals surface area contributed by atoms with E-state index in [1.807, 2.05) is 31.2 Å². The Balaban J connectivity index is 2.04. The summed E-state index contributed by atoms with van der Waals surface area (Å²) < 4.78 is 0. The van der Waals surface area contributed by atoms with Crippen molar-refractivity contribution in [3.63, 3.8) is 0 Å². The molecule has 24 heavy (non-hydrogen) atoms. The zero-order chi connectivity index (χ0) is 16.8. The molecule has 0 unspecified atom stereocenters. The largest absolute Gasteiger partial charge is 0.382 e. The van der Waals surface area contributed by atoms with Crippen molar-refractivity contribution in [3.8, 4) is 11.4 Å². The molecule has 0 amide bonds. The van der Waals surface area contributed by atoms with E-state index in [0.29, 0.717) is 38.1 Å². The summed E-state index contributed by atoms with van der Waals surface area (Å²) in [5.41, 5.74) is 9.81. The van der Waals surface area contributed by atoms with Gasteiger partial charge in [0.15, 0.2) is 22.8 Å². The summed E-state index contributed by atoms with van der Waals surface area (Å²) in [7, 11) is 0. The third-order valence-electron chi connectivity index (χ3n) is 3.66. The van der Waals surface area contributed by atoms with Crippen LogP contribution >= 0.6 is 23.2 Å². The lowest BCUT2D eigenvalue weighted by molar-refractivity contribution is 1.18. The van der Waals surface area contributed by atoms with Crippen LogP contribution in [0.3, 0.4) is 0 Å². The highest BCUT2D eigenvalue weighted by atomic mass is 35.5. The first kappa shape index (κ1) is 15.1. The minimum atomic E-state index is 0.252. The number of halogens is 2. The van der Waals surface area contributed by atoms with Gasteiger partial charge in [0.2, 0.25) is 0 Å². The van der Waals surface area contributed by atoms with Gasteiger partial charge in [0.25, 0.3) is 0 Å². The van der Waals surface area contributed by atoms with Crippen LogP contribution in [0.2, 0.25) is 10.0 Å². The molecule has 0 aliphatic heterocycles. The van der Waals surface area contributed by atoms with E-state index in [1.54, 1.807) is 12.1 Å². The third-order valence-corrected chi connectivity index (χ3v) is 4.27. The van der Waals surface area contributed by atoms with Gasteiger partial charge in [-0.1, -0.05) is 47.0 Å². The van der Waals surface area contributed by atoms with E-state index in [-0.39, 0.29) is 5.82 Å². The standard InChI is InChI=1S/C17H11Cl2N5/c1-8-3-2-4-9(7-8)16-23-15(20)14-17(24-16)22-13-11(19)6-5-10(18)12(13)21-14/h2-7H,1H3,(H2,20,22,23,24). The van der Waals surface area contributed by atoms with E-state index in [2.05, 4.69) is 19.9 Å². The van der Waals surface area contributed by atoms with Gasteiger partial charge >= 0.3 is 0 Å². The SMILES string of the molecule is Cc1cccc(-c2nc(N)c3nc4c(Cl)ccc(Cl)c4nc3n2)c1. The molecule has 5 nitrogen and oxygen atoms in total. The Labute approximate surface area is 147 Å². The number of nitrogens with zero attached hydrogens (tertiary/aromatic N) is 4. The van der Waals surface area contributed by atoms with Crippen molar-refractivity contribution < 1.29 is 0 Å². The number of nitrogens with two attached hydrogens (primary N) is 1. The Morgan fingerprint density at radius 1 is 0.833 bits per heavy atom. The molecular formula is C17H11Cl2N5. The van der Waals surface area contributed by atoms with Crippen LogP contribution in [0.4, 0.5) is 5.82 Å². The molecule has 2 heterocycles. The van der Waals surface area contributed by atoms with Crippen molar-refractivity contribution in [2.45, 2.75) is 6.92 Å². The summed E-state index contributed by atoms with van der Waals surface area (Å²) in [5.74, 6) is 0.748. The van der Waals surface area contributed by atoms with Gasteiger partial charge in [-0.3, -0.25) is 0 Å². The van der Waals surface area contributed by atoms with Crippen molar-refractivity contribution in [3.05, 3.63) is 52.0 Å². The number of aromatic nitrogens is 4. The van der Waals surface area contributed by atoms with E-state index < -0.39 is 0 Å². The molecule has 0 aliphatic carbocycles. The van der Waals surface area contributed by atoms with E-state index in [1.165, 1.54) is 0 Å². The third kappa shape index (κ3) is 2.42. The number of aryl methyl sites for hydroxylation is 1. The van der Waals surface area contributed by atoms with Gasteiger partial charge in [0.1, 0.15) is 11.0 Å². The molecule has 4 rings (SSSR count). The van der Waals surface area contributed by atoms with Crippen molar-refractivity contribution >= 4 is 51.2 Å². The average molecular weight is 356 g/mol. The topological polar surface area (TPSA) is 77.6 Å². The quantitative estimate of drug-likeness (QED) is 0.510. The van der Waals surface area contributed by atoms with Crippen molar-refractivity contribution in [1.29, 1.82) is 0 Å². The zero-order valence-electron chi connectivity index (χ0n) is 12.6. The van der Waals surface area contributed by atoms with E-state index in [4.69, 9.17) is 28.9 Å². The second-order valence-corrected chi connectivity index (χ2v) is 6.24. The fourth-order valence-corrected chi connectivity index (χ4v) is 2.91. The lowest BCUT2D eigenvalue weighted by Crippen LogP contribution is -2.02. The highest BCUT2D eigenvalue weighted by Gasteiger charge is 2.14. The van der Waals surface area contributed by atoms with Crippen LogP contribution in [-0.4, -0.2) is 19.9 Å². The van der Waals surface area contributed by atoms with Gasteiger partial charge in [-0.05, 0) is 25.1 Å². The first-order chi connectivity index (χ1) is 11.5. The Kier molecular flexibility index (Phi) is 3.48. The normalized spacial score (nSPS) is 11.3. The maximum absolute atomic E-state index is 6.21. The van der Waals surface area contributed by atoms with Gasteiger partial charge in [0, 0.05) is 5.56 Å². The maximum Gasteiger partial charge on any atom is 0.184 e. The molecule has 0 spiro atoms. The first-order valence-corrected chi connectivity index (χ1v) is 7.94. The molecule has 118 valence electrons. The summed E-state index contributed by atoms with van der Waals surface area (Å²) in [6.07, 6.45) is 0. The Hall–Kier alpha value is -2.50. The molecule has 2 N–H and O–H groups in total. The highest BCUT2D eigenvalue weighted by molar-refractivity contribution is 6.39. The van der Waals surface area contributed by atoms with Crippen LogP contribution < -0.4 is 5.73 Å².